The maximum atomic E-state index is 5.18. The lowest BCUT2D eigenvalue weighted by molar-refractivity contribution is 0.414. The van der Waals surface area contributed by atoms with Gasteiger partial charge in [0, 0.05) is 45.1 Å². The number of ether oxygens (including phenoxy) is 1. The number of hydrogen-bond donors (Lipinski definition) is 1. The summed E-state index contributed by atoms with van der Waals surface area (Å²) in [7, 11) is 1.66. The van der Waals surface area contributed by atoms with Crippen LogP contribution in [0.2, 0.25) is 0 Å². The summed E-state index contributed by atoms with van der Waals surface area (Å²) in [5, 5.41) is 11.4. The van der Waals surface area contributed by atoms with Gasteiger partial charge in [-0.1, -0.05) is 12.1 Å². The second-order valence-electron chi connectivity index (χ2n) is 6.36. The average Bonchev–Trinajstić information content (AvgIpc) is 2.79. The van der Waals surface area contributed by atoms with E-state index in [-0.39, 0.29) is 0 Å². The topological polar surface area (TPSA) is 92.2 Å². The van der Waals surface area contributed by atoms with Crippen molar-refractivity contribution in [3.8, 4) is 5.75 Å². The molecule has 0 unspecified atom stereocenters. The van der Waals surface area contributed by atoms with Crippen molar-refractivity contribution in [2.45, 2.75) is 6.54 Å². The molecule has 0 bridgehead atoms. The number of benzene rings is 1. The van der Waals surface area contributed by atoms with Gasteiger partial charge in [-0.15, -0.1) is 5.10 Å². The molecule has 2 aromatic heterocycles. The fraction of sp³-hybridized carbons (Fsp3) is 0.316. The zero-order chi connectivity index (χ0) is 19.2. The molecule has 1 N–H and O–H groups in total. The van der Waals surface area contributed by atoms with Crippen LogP contribution < -0.4 is 19.9 Å². The van der Waals surface area contributed by atoms with Crippen LogP contribution in [0, 0.1) is 0 Å². The zero-order valence-electron chi connectivity index (χ0n) is 15.7. The van der Waals surface area contributed by atoms with Crippen LogP contribution in [0.5, 0.6) is 5.75 Å². The van der Waals surface area contributed by atoms with Crippen LogP contribution in [0.15, 0.2) is 48.9 Å². The molecule has 9 heteroatoms. The predicted octanol–water partition coefficient (Wildman–Crippen LogP) is 1.61. The molecular weight excluding hydrogens is 356 g/mol. The van der Waals surface area contributed by atoms with E-state index < -0.39 is 0 Å². The minimum atomic E-state index is 0.516. The van der Waals surface area contributed by atoms with Gasteiger partial charge in [-0.2, -0.15) is 10.1 Å². The van der Waals surface area contributed by atoms with Crippen LogP contribution in [0.4, 0.5) is 17.7 Å². The smallest absolute Gasteiger partial charge is 0.244 e. The van der Waals surface area contributed by atoms with Gasteiger partial charge in [-0.25, -0.2) is 9.97 Å². The third kappa shape index (κ3) is 4.25. The van der Waals surface area contributed by atoms with Gasteiger partial charge in [0.1, 0.15) is 5.75 Å². The number of aromatic nitrogens is 5. The van der Waals surface area contributed by atoms with Crippen LogP contribution in [-0.2, 0) is 6.54 Å². The summed E-state index contributed by atoms with van der Waals surface area (Å²) >= 11 is 0. The summed E-state index contributed by atoms with van der Waals surface area (Å²) in [6, 6.07) is 9.71. The largest absolute Gasteiger partial charge is 0.497 e. The standard InChI is InChI=1S/C19H22N8O/c1-28-16-5-3-15(4-6-16)13-22-18-24-17(14-23-25-18)26-9-11-27(12-10-26)19-20-7-2-8-21-19/h2-8,14H,9-13H2,1H3,(H,22,24,25). The Labute approximate surface area is 163 Å². The summed E-state index contributed by atoms with van der Waals surface area (Å²) in [5.41, 5.74) is 1.12. The molecule has 28 heavy (non-hydrogen) atoms. The fourth-order valence-electron chi connectivity index (χ4n) is 3.04. The van der Waals surface area contributed by atoms with E-state index in [9.17, 15) is 0 Å². The molecule has 3 heterocycles. The van der Waals surface area contributed by atoms with Crippen molar-refractivity contribution in [2.24, 2.45) is 0 Å². The van der Waals surface area contributed by atoms with Crippen molar-refractivity contribution < 1.29 is 4.74 Å². The molecule has 1 aliphatic rings. The van der Waals surface area contributed by atoms with Gasteiger partial charge < -0.3 is 19.9 Å². The molecule has 1 saturated heterocycles. The van der Waals surface area contributed by atoms with Gasteiger partial charge in [0.25, 0.3) is 0 Å². The lowest BCUT2D eigenvalue weighted by atomic mass is 10.2. The molecule has 0 amide bonds. The quantitative estimate of drug-likeness (QED) is 0.686. The summed E-state index contributed by atoms with van der Waals surface area (Å²) in [5.74, 6) is 2.94. The van der Waals surface area contributed by atoms with Gasteiger partial charge in [-0.05, 0) is 23.8 Å². The number of methoxy groups -OCH3 is 1. The Balaban J connectivity index is 1.34. The van der Waals surface area contributed by atoms with E-state index in [2.05, 4.69) is 40.3 Å². The lowest BCUT2D eigenvalue weighted by Crippen LogP contribution is -2.47. The van der Waals surface area contributed by atoms with Crippen LogP contribution in [0.25, 0.3) is 0 Å². The van der Waals surface area contributed by atoms with E-state index >= 15 is 0 Å². The third-order valence-electron chi connectivity index (χ3n) is 4.59. The highest BCUT2D eigenvalue weighted by Crippen LogP contribution is 2.17. The summed E-state index contributed by atoms with van der Waals surface area (Å²) in [4.78, 5) is 17.6. The third-order valence-corrected chi connectivity index (χ3v) is 4.59. The first-order valence-electron chi connectivity index (χ1n) is 9.15. The van der Waals surface area contributed by atoms with Gasteiger partial charge >= 0.3 is 0 Å². The van der Waals surface area contributed by atoms with Crippen molar-refractivity contribution in [2.75, 3.05) is 48.4 Å². The maximum absolute atomic E-state index is 5.18. The van der Waals surface area contributed by atoms with Gasteiger partial charge in [0.15, 0.2) is 5.82 Å². The normalized spacial score (nSPS) is 14.0. The predicted molar refractivity (Wildman–Crippen MR) is 107 cm³/mol. The molecule has 9 nitrogen and oxygen atoms in total. The monoisotopic (exact) mass is 378 g/mol. The first kappa shape index (κ1) is 17.9. The highest BCUT2D eigenvalue weighted by atomic mass is 16.5. The first-order chi connectivity index (χ1) is 13.8. The summed E-state index contributed by atoms with van der Waals surface area (Å²) < 4.78 is 5.18. The summed E-state index contributed by atoms with van der Waals surface area (Å²) in [6.07, 6.45) is 5.24. The Hall–Kier alpha value is -3.49. The Morgan fingerprint density at radius 1 is 1.00 bits per heavy atom. The van der Waals surface area contributed by atoms with Crippen LogP contribution in [0.3, 0.4) is 0 Å². The molecule has 1 aliphatic heterocycles. The first-order valence-corrected chi connectivity index (χ1v) is 9.15. The van der Waals surface area contributed by atoms with Crippen LogP contribution in [-0.4, -0.2) is 58.4 Å². The van der Waals surface area contributed by atoms with Crippen LogP contribution >= 0.6 is 0 Å². The van der Waals surface area contributed by atoms with E-state index in [1.165, 1.54) is 0 Å². The average molecular weight is 378 g/mol. The molecule has 1 fully saturated rings. The van der Waals surface area contributed by atoms with E-state index in [1.807, 2.05) is 30.3 Å². The van der Waals surface area contributed by atoms with E-state index in [0.29, 0.717) is 12.5 Å². The molecule has 4 rings (SSSR count). The minimum absolute atomic E-state index is 0.516. The molecule has 144 valence electrons. The molecule has 3 aromatic rings. The minimum Gasteiger partial charge on any atom is -0.497 e. The highest BCUT2D eigenvalue weighted by Gasteiger charge is 2.20. The Morgan fingerprint density at radius 2 is 1.71 bits per heavy atom. The molecule has 1 aromatic carbocycles. The van der Waals surface area contributed by atoms with Crippen LogP contribution in [0.1, 0.15) is 5.56 Å². The Morgan fingerprint density at radius 3 is 2.43 bits per heavy atom. The van der Waals surface area contributed by atoms with Gasteiger partial charge in [0.05, 0.1) is 13.3 Å². The van der Waals surface area contributed by atoms with Crippen molar-refractivity contribution in [1.29, 1.82) is 0 Å². The van der Waals surface area contributed by atoms with Crippen molar-refractivity contribution in [3.63, 3.8) is 0 Å². The van der Waals surface area contributed by atoms with E-state index in [4.69, 9.17) is 4.74 Å². The molecule has 0 atom stereocenters. The summed E-state index contributed by atoms with van der Waals surface area (Å²) in [6.45, 7) is 3.95. The van der Waals surface area contributed by atoms with E-state index in [1.54, 1.807) is 25.7 Å². The molecular formula is C19H22N8O. The fourth-order valence-corrected chi connectivity index (χ4v) is 3.04. The zero-order valence-corrected chi connectivity index (χ0v) is 15.7. The number of nitrogens with one attached hydrogen (secondary N) is 1. The SMILES string of the molecule is COc1ccc(CNc2nncc(N3CCN(c4ncccn4)CC3)n2)cc1. The second-order valence-corrected chi connectivity index (χ2v) is 6.36. The number of piperazine rings is 1. The van der Waals surface area contributed by atoms with Gasteiger partial charge in [-0.3, -0.25) is 0 Å². The molecule has 0 saturated carbocycles. The maximum Gasteiger partial charge on any atom is 0.244 e. The van der Waals surface area contributed by atoms with Crippen molar-refractivity contribution >= 4 is 17.7 Å². The van der Waals surface area contributed by atoms with Crippen molar-refractivity contribution in [1.82, 2.24) is 25.1 Å². The number of hydrogen-bond acceptors (Lipinski definition) is 9. The lowest BCUT2D eigenvalue weighted by Gasteiger charge is -2.35. The van der Waals surface area contributed by atoms with Crippen molar-refractivity contribution in [3.05, 3.63) is 54.5 Å². The highest BCUT2D eigenvalue weighted by molar-refractivity contribution is 5.43. The Kier molecular flexibility index (Phi) is 5.41. The molecule has 0 spiro atoms. The number of rotatable bonds is 6. The Bertz CT molecular complexity index is 882. The molecule has 0 aliphatic carbocycles. The molecule has 0 radical (unpaired) electrons. The second kappa shape index (κ2) is 8.47. The number of anilines is 3. The number of nitrogens with zero attached hydrogens (tertiary/aromatic N) is 7. The van der Waals surface area contributed by atoms with E-state index in [0.717, 1.165) is 49.3 Å². The van der Waals surface area contributed by atoms with Gasteiger partial charge in [0.2, 0.25) is 11.9 Å².